The van der Waals surface area contributed by atoms with Gasteiger partial charge in [-0.25, -0.2) is 0 Å². The Kier molecular flexibility index (Phi) is 3.93. The van der Waals surface area contributed by atoms with E-state index in [1.807, 2.05) is 24.3 Å². The third-order valence-electron chi connectivity index (χ3n) is 2.89. The first kappa shape index (κ1) is 11.6. The molecule has 1 fully saturated rings. The lowest BCUT2D eigenvalue weighted by Gasteiger charge is -2.32. The largest absolute Gasteiger partial charge is 0.314 e. The van der Waals surface area contributed by atoms with Crippen LogP contribution >= 0.6 is 11.6 Å². The van der Waals surface area contributed by atoms with Gasteiger partial charge in [-0.15, -0.1) is 0 Å². The van der Waals surface area contributed by atoms with Crippen LogP contribution in [0.4, 0.5) is 0 Å². The summed E-state index contributed by atoms with van der Waals surface area (Å²) < 4.78 is 0. The molecule has 0 aliphatic carbocycles. The van der Waals surface area contributed by atoms with E-state index in [1.54, 1.807) is 0 Å². The lowest BCUT2D eigenvalue weighted by molar-refractivity contribution is -0.112. The lowest BCUT2D eigenvalue weighted by atomic mass is 10.1. The van der Waals surface area contributed by atoms with Crippen LogP contribution in [-0.2, 0) is 4.79 Å². The van der Waals surface area contributed by atoms with Gasteiger partial charge < -0.3 is 10.1 Å². The van der Waals surface area contributed by atoms with Crippen LogP contribution in [-0.4, -0.2) is 37.4 Å². The molecule has 1 unspecified atom stereocenters. The number of carbonyl (C=O) groups excluding carboxylic acids is 1. The molecule has 0 bridgehead atoms. The Labute approximate surface area is 100 Å². The van der Waals surface area contributed by atoms with Crippen molar-refractivity contribution in [2.45, 2.75) is 6.04 Å². The number of benzene rings is 1. The van der Waals surface area contributed by atoms with Crippen LogP contribution in [0.25, 0.3) is 0 Å². The van der Waals surface area contributed by atoms with Crippen molar-refractivity contribution in [1.29, 1.82) is 0 Å². The number of hydrogen-bond donors (Lipinski definition) is 1. The van der Waals surface area contributed by atoms with E-state index in [0.717, 1.165) is 38.0 Å². The van der Waals surface area contributed by atoms with E-state index in [2.05, 4.69) is 10.2 Å². The molecular weight excluding hydrogens is 224 g/mol. The number of hydrogen-bond acceptors (Lipinski definition) is 3. The maximum absolute atomic E-state index is 11.2. The second-order valence-corrected chi connectivity index (χ2v) is 4.35. The zero-order valence-electron chi connectivity index (χ0n) is 9.03. The second kappa shape index (κ2) is 5.43. The summed E-state index contributed by atoms with van der Waals surface area (Å²) in [5.41, 5.74) is 1.02. The van der Waals surface area contributed by atoms with E-state index >= 15 is 0 Å². The minimum Gasteiger partial charge on any atom is -0.314 e. The number of carbonyl (C=O) groups is 1. The van der Waals surface area contributed by atoms with Crippen LogP contribution in [0.2, 0.25) is 5.02 Å². The molecule has 1 aliphatic heterocycles. The Balaban J connectivity index is 2.14. The van der Waals surface area contributed by atoms with E-state index in [1.165, 1.54) is 0 Å². The van der Waals surface area contributed by atoms with Gasteiger partial charge in [0.1, 0.15) is 6.29 Å². The van der Waals surface area contributed by atoms with Gasteiger partial charge in [0, 0.05) is 31.2 Å². The van der Waals surface area contributed by atoms with Crippen molar-refractivity contribution in [2.24, 2.45) is 0 Å². The van der Waals surface area contributed by atoms with Crippen LogP contribution in [0, 0.1) is 0 Å². The SMILES string of the molecule is O=CC(c1ccc(Cl)cc1)N1CCNCC1. The minimum atomic E-state index is -0.139. The molecule has 1 aromatic carbocycles. The highest BCUT2D eigenvalue weighted by Gasteiger charge is 2.21. The van der Waals surface area contributed by atoms with E-state index < -0.39 is 0 Å². The Morgan fingerprint density at radius 1 is 1.25 bits per heavy atom. The van der Waals surface area contributed by atoms with Gasteiger partial charge in [0.2, 0.25) is 0 Å². The molecule has 86 valence electrons. The van der Waals surface area contributed by atoms with Crippen LogP contribution < -0.4 is 5.32 Å². The summed E-state index contributed by atoms with van der Waals surface area (Å²) in [7, 11) is 0. The monoisotopic (exact) mass is 238 g/mol. The van der Waals surface area contributed by atoms with Crippen LogP contribution in [0.3, 0.4) is 0 Å². The van der Waals surface area contributed by atoms with Gasteiger partial charge in [-0.1, -0.05) is 23.7 Å². The fraction of sp³-hybridized carbons (Fsp3) is 0.417. The molecule has 0 aromatic heterocycles. The van der Waals surface area contributed by atoms with E-state index in [9.17, 15) is 4.79 Å². The van der Waals surface area contributed by atoms with Crippen LogP contribution in [0.1, 0.15) is 11.6 Å². The molecule has 0 amide bonds. The van der Waals surface area contributed by atoms with Crippen LogP contribution in [0.5, 0.6) is 0 Å². The highest BCUT2D eigenvalue weighted by atomic mass is 35.5. The van der Waals surface area contributed by atoms with Gasteiger partial charge in [0.15, 0.2) is 0 Å². The fourth-order valence-electron chi connectivity index (χ4n) is 2.00. The highest BCUT2D eigenvalue weighted by molar-refractivity contribution is 6.30. The Hall–Kier alpha value is -0.900. The summed E-state index contributed by atoms with van der Waals surface area (Å²) in [4.78, 5) is 13.4. The number of rotatable bonds is 3. The summed E-state index contributed by atoms with van der Waals surface area (Å²) in [6, 6.07) is 7.36. The third kappa shape index (κ3) is 2.61. The molecule has 0 saturated carbocycles. The molecule has 16 heavy (non-hydrogen) atoms. The van der Waals surface area contributed by atoms with Crippen molar-refractivity contribution in [3.63, 3.8) is 0 Å². The van der Waals surface area contributed by atoms with Gasteiger partial charge in [0.05, 0.1) is 6.04 Å². The predicted molar refractivity (Wildman–Crippen MR) is 64.7 cm³/mol. The standard InChI is InChI=1S/C12H15ClN2O/c13-11-3-1-10(2-4-11)12(9-16)15-7-5-14-6-8-15/h1-4,9,12,14H,5-8H2. The van der Waals surface area contributed by atoms with E-state index in [-0.39, 0.29) is 6.04 Å². The Bertz CT molecular complexity index is 347. The maximum atomic E-state index is 11.2. The Morgan fingerprint density at radius 3 is 2.44 bits per heavy atom. The minimum absolute atomic E-state index is 0.139. The second-order valence-electron chi connectivity index (χ2n) is 3.92. The van der Waals surface area contributed by atoms with Crippen molar-refractivity contribution >= 4 is 17.9 Å². The van der Waals surface area contributed by atoms with Crippen LogP contribution in [0.15, 0.2) is 24.3 Å². The summed E-state index contributed by atoms with van der Waals surface area (Å²) in [6.45, 7) is 3.70. The molecule has 4 heteroatoms. The van der Waals surface area contributed by atoms with Gasteiger partial charge in [-0.3, -0.25) is 4.90 Å². The molecule has 1 heterocycles. The zero-order valence-corrected chi connectivity index (χ0v) is 9.78. The maximum Gasteiger partial charge on any atom is 0.141 e. The average molecular weight is 239 g/mol. The molecule has 1 atom stereocenters. The van der Waals surface area contributed by atoms with Crippen molar-refractivity contribution in [1.82, 2.24) is 10.2 Å². The van der Waals surface area contributed by atoms with E-state index in [0.29, 0.717) is 5.02 Å². The number of aldehydes is 1. The third-order valence-corrected chi connectivity index (χ3v) is 3.14. The molecule has 3 nitrogen and oxygen atoms in total. The normalized spacial score (nSPS) is 19.3. The summed E-state index contributed by atoms with van der Waals surface area (Å²) >= 11 is 5.83. The quantitative estimate of drug-likeness (QED) is 0.810. The smallest absolute Gasteiger partial charge is 0.141 e. The number of nitrogens with zero attached hydrogens (tertiary/aromatic N) is 1. The Morgan fingerprint density at radius 2 is 1.88 bits per heavy atom. The highest BCUT2D eigenvalue weighted by Crippen LogP contribution is 2.20. The van der Waals surface area contributed by atoms with Gasteiger partial charge in [-0.05, 0) is 17.7 Å². The fourth-order valence-corrected chi connectivity index (χ4v) is 2.12. The molecule has 1 saturated heterocycles. The number of halogens is 1. The summed E-state index contributed by atoms with van der Waals surface area (Å²) in [6.07, 6.45) is 1.01. The first-order chi connectivity index (χ1) is 7.81. The number of nitrogens with one attached hydrogen (secondary N) is 1. The molecule has 1 aromatic rings. The van der Waals surface area contributed by atoms with E-state index in [4.69, 9.17) is 11.6 Å². The van der Waals surface area contributed by atoms with Gasteiger partial charge in [0.25, 0.3) is 0 Å². The molecule has 0 spiro atoms. The van der Waals surface area contributed by atoms with Crippen molar-refractivity contribution in [2.75, 3.05) is 26.2 Å². The van der Waals surface area contributed by atoms with Crippen molar-refractivity contribution in [3.8, 4) is 0 Å². The average Bonchev–Trinajstić information content (AvgIpc) is 2.34. The molecule has 1 aliphatic rings. The molecular formula is C12H15ClN2O. The molecule has 2 rings (SSSR count). The topological polar surface area (TPSA) is 32.3 Å². The molecule has 1 N–H and O–H groups in total. The summed E-state index contributed by atoms with van der Waals surface area (Å²) in [5, 5.41) is 3.98. The predicted octanol–water partition coefficient (Wildman–Crippen LogP) is 1.49. The first-order valence-corrected chi connectivity index (χ1v) is 5.84. The van der Waals surface area contributed by atoms with Gasteiger partial charge >= 0.3 is 0 Å². The molecule has 0 radical (unpaired) electrons. The summed E-state index contributed by atoms with van der Waals surface area (Å²) in [5.74, 6) is 0. The lowest BCUT2D eigenvalue weighted by Crippen LogP contribution is -2.45. The van der Waals surface area contributed by atoms with Crippen molar-refractivity contribution < 1.29 is 4.79 Å². The number of piperazine rings is 1. The zero-order chi connectivity index (χ0) is 11.4. The van der Waals surface area contributed by atoms with Crippen molar-refractivity contribution in [3.05, 3.63) is 34.9 Å². The first-order valence-electron chi connectivity index (χ1n) is 5.47. The van der Waals surface area contributed by atoms with Gasteiger partial charge in [-0.2, -0.15) is 0 Å².